The maximum absolute atomic E-state index is 13.0. The smallest absolute Gasteiger partial charge is 0.336 e. The van der Waals surface area contributed by atoms with E-state index in [1.165, 1.54) is 20.1 Å². The van der Waals surface area contributed by atoms with Gasteiger partial charge in [0.15, 0.2) is 11.6 Å². The number of rotatable bonds is 2. The van der Waals surface area contributed by atoms with Crippen LogP contribution in [0.3, 0.4) is 0 Å². The molecule has 3 nitrogen and oxygen atoms in total. The molecule has 0 spiro atoms. The predicted octanol–water partition coefficient (Wildman–Crippen LogP) is 1.84. The van der Waals surface area contributed by atoms with Crippen LogP contribution in [0, 0.1) is 12.7 Å². The van der Waals surface area contributed by atoms with Crippen LogP contribution in [-0.4, -0.2) is 18.2 Å². The highest BCUT2D eigenvalue weighted by atomic mass is 19.1. The quantitative estimate of drug-likeness (QED) is 0.762. The van der Waals surface area contributed by atoms with Gasteiger partial charge in [-0.1, -0.05) is 0 Å². The molecule has 0 unspecified atom stereocenters. The van der Waals surface area contributed by atoms with Gasteiger partial charge in [-0.3, -0.25) is 0 Å². The first-order chi connectivity index (χ1) is 6.06. The molecule has 0 aliphatic rings. The molecule has 0 amide bonds. The van der Waals surface area contributed by atoms with E-state index in [1.807, 2.05) is 0 Å². The SMILES string of the molecule is COc1cc(C(=O)O)c(C)cc1F. The summed E-state index contributed by atoms with van der Waals surface area (Å²) in [6, 6.07) is 2.31. The summed E-state index contributed by atoms with van der Waals surface area (Å²) in [7, 11) is 1.29. The van der Waals surface area contributed by atoms with E-state index in [0.29, 0.717) is 5.56 Å². The summed E-state index contributed by atoms with van der Waals surface area (Å²) in [6.45, 7) is 1.53. The van der Waals surface area contributed by atoms with Crippen LogP contribution in [0.1, 0.15) is 15.9 Å². The molecule has 4 heteroatoms. The van der Waals surface area contributed by atoms with Crippen molar-refractivity contribution in [1.29, 1.82) is 0 Å². The van der Waals surface area contributed by atoms with Gasteiger partial charge in [0.1, 0.15) is 0 Å². The zero-order valence-corrected chi connectivity index (χ0v) is 7.30. The Morgan fingerprint density at radius 3 is 2.62 bits per heavy atom. The number of carbonyl (C=O) groups is 1. The number of ether oxygens (including phenoxy) is 1. The summed E-state index contributed by atoms with van der Waals surface area (Å²) in [4.78, 5) is 10.6. The monoisotopic (exact) mass is 184 g/mol. The summed E-state index contributed by atoms with van der Waals surface area (Å²) in [5, 5.41) is 8.70. The third kappa shape index (κ3) is 1.77. The van der Waals surface area contributed by atoms with Gasteiger partial charge in [0.05, 0.1) is 12.7 Å². The van der Waals surface area contributed by atoms with E-state index in [0.717, 1.165) is 6.07 Å². The molecule has 1 rings (SSSR count). The van der Waals surface area contributed by atoms with Crippen LogP contribution in [0.4, 0.5) is 4.39 Å². The van der Waals surface area contributed by atoms with Gasteiger partial charge < -0.3 is 9.84 Å². The van der Waals surface area contributed by atoms with Crippen LogP contribution in [0.25, 0.3) is 0 Å². The van der Waals surface area contributed by atoms with Crippen molar-refractivity contribution in [2.75, 3.05) is 7.11 Å². The minimum absolute atomic E-state index is 0.0528. The van der Waals surface area contributed by atoms with E-state index in [9.17, 15) is 9.18 Å². The van der Waals surface area contributed by atoms with E-state index in [4.69, 9.17) is 5.11 Å². The molecule has 1 aromatic carbocycles. The summed E-state index contributed by atoms with van der Waals surface area (Å²) >= 11 is 0. The second-order valence-electron chi connectivity index (χ2n) is 2.61. The van der Waals surface area contributed by atoms with Gasteiger partial charge in [-0.15, -0.1) is 0 Å². The molecule has 0 atom stereocenters. The summed E-state index contributed by atoms with van der Waals surface area (Å²) < 4.78 is 17.6. The average Bonchev–Trinajstić information content (AvgIpc) is 2.03. The van der Waals surface area contributed by atoms with Gasteiger partial charge in [0.25, 0.3) is 0 Å². The Labute approximate surface area is 74.8 Å². The third-order valence-electron chi connectivity index (χ3n) is 1.73. The van der Waals surface area contributed by atoms with Crippen LogP contribution in [0.5, 0.6) is 5.75 Å². The molecule has 0 saturated heterocycles. The summed E-state index contributed by atoms with van der Waals surface area (Å²) in [5.74, 6) is -1.69. The normalized spacial score (nSPS) is 9.77. The topological polar surface area (TPSA) is 46.5 Å². The molecule has 1 N–H and O–H groups in total. The van der Waals surface area contributed by atoms with Gasteiger partial charge in [-0.2, -0.15) is 0 Å². The lowest BCUT2D eigenvalue weighted by Crippen LogP contribution is -2.01. The minimum Gasteiger partial charge on any atom is -0.494 e. The Balaban J connectivity index is 3.30. The van der Waals surface area contributed by atoms with Crippen molar-refractivity contribution in [3.05, 3.63) is 29.1 Å². The van der Waals surface area contributed by atoms with Crippen LogP contribution in [-0.2, 0) is 0 Å². The maximum atomic E-state index is 13.0. The first kappa shape index (κ1) is 9.51. The minimum atomic E-state index is -1.09. The lowest BCUT2D eigenvalue weighted by molar-refractivity contribution is 0.0695. The Kier molecular flexibility index (Phi) is 2.51. The zero-order chi connectivity index (χ0) is 10.0. The standard InChI is InChI=1S/C9H9FO3/c1-5-3-7(10)8(13-2)4-6(5)9(11)12/h3-4H,1-2H3,(H,11,12). The molecule has 0 radical (unpaired) electrons. The first-order valence-electron chi connectivity index (χ1n) is 3.63. The molecule has 0 fully saturated rings. The van der Waals surface area contributed by atoms with Crippen LogP contribution >= 0.6 is 0 Å². The largest absolute Gasteiger partial charge is 0.494 e. The number of aromatic carboxylic acids is 1. The van der Waals surface area contributed by atoms with Crippen LogP contribution < -0.4 is 4.74 Å². The summed E-state index contributed by atoms with van der Waals surface area (Å²) in [6.07, 6.45) is 0. The number of hydrogen-bond acceptors (Lipinski definition) is 2. The van der Waals surface area contributed by atoms with E-state index in [1.54, 1.807) is 0 Å². The fourth-order valence-electron chi connectivity index (χ4n) is 1.04. The van der Waals surface area contributed by atoms with Gasteiger partial charge in [-0.05, 0) is 24.6 Å². The Hall–Kier alpha value is -1.58. The molecule has 0 aliphatic heterocycles. The fourth-order valence-corrected chi connectivity index (χ4v) is 1.04. The molecule has 0 aliphatic carbocycles. The molecule has 70 valence electrons. The van der Waals surface area contributed by atoms with Crippen LogP contribution in [0.2, 0.25) is 0 Å². The third-order valence-corrected chi connectivity index (χ3v) is 1.73. The molecule has 13 heavy (non-hydrogen) atoms. The van der Waals surface area contributed by atoms with Gasteiger partial charge in [-0.25, -0.2) is 9.18 Å². The molecule has 0 heterocycles. The molecule has 1 aromatic rings. The predicted molar refractivity (Wildman–Crippen MR) is 44.6 cm³/mol. The molecule has 0 saturated carbocycles. The van der Waals surface area contributed by atoms with Crippen molar-refractivity contribution in [3.63, 3.8) is 0 Å². The van der Waals surface area contributed by atoms with Crippen molar-refractivity contribution >= 4 is 5.97 Å². The molecular formula is C9H9FO3. The van der Waals surface area contributed by atoms with Crippen LogP contribution in [0.15, 0.2) is 12.1 Å². The van der Waals surface area contributed by atoms with Crippen molar-refractivity contribution in [1.82, 2.24) is 0 Å². The Bertz CT molecular complexity index is 347. The fraction of sp³-hybridized carbons (Fsp3) is 0.222. The van der Waals surface area contributed by atoms with E-state index in [-0.39, 0.29) is 11.3 Å². The van der Waals surface area contributed by atoms with Crippen molar-refractivity contribution in [2.24, 2.45) is 0 Å². The van der Waals surface area contributed by atoms with Crippen molar-refractivity contribution < 1.29 is 19.0 Å². The highest BCUT2D eigenvalue weighted by Crippen LogP contribution is 2.21. The molecular weight excluding hydrogens is 175 g/mol. The molecule has 0 aromatic heterocycles. The summed E-state index contributed by atoms with van der Waals surface area (Å²) in [5.41, 5.74) is 0.434. The second-order valence-corrected chi connectivity index (χ2v) is 2.61. The van der Waals surface area contributed by atoms with Crippen molar-refractivity contribution in [3.8, 4) is 5.75 Å². The maximum Gasteiger partial charge on any atom is 0.336 e. The highest BCUT2D eigenvalue weighted by molar-refractivity contribution is 5.89. The molecule has 0 bridgehead atoms. The van der Waals surface area contributed by atoms with E-state index >= 15 is 0 Å². The van der Waals surface area contributed by atoms with Gasteiger partial charge in [0, 0.05) is 0 Å². The second kappa shape index (κ2) is 3.43. The number of benzene rings is 1. The van der Waals surface area contributed by atoms with Crippen molar-refractivity contribution in [2.45, 2.75) is 6.92 Å². The zero-order valence-electron chi connectivity index (χ0n) is 7.30. The number of methoxy groups -OCH3 is 1. The van der Waals surface area contributed by atoms with Gasteiger partial charge >= 0.3 is 5.97 Å². The van der Waals surface area contributed by atoms with E-state index in [2.05, 4.69) is 4.74 Å². The number of halogens is 1. The number of carboxylic acids is 1. The lowest BCUT2D eigenvalue weighted by atomic mass is 10.1. The number of carboxylic acid groups (broad SMARTS) is 1. The Morgan fingerprint density at radius 2 is 2.15 bits per heavy atom. The number of hydrogen-bond donors (Lipinski definition) is 1. The first-order valence-corrected chi connectivity index (χ1v) is 3.63. The Morgan fingerprint density at radius 1 is 1.54 bits per heavy atom. The lowest BCUT2D eigenvalue weighted by Gasteiger charge is -2.05. The highest BCUT2D eigenvalue weighted by Gasteiger charge is 2.12. The average molecular weight is 184 g/mol. The van der Waals surface area contributed by atoms with Gasteiger partial charge in [0.2, 0.25) is 0 Å². The van der Waals surface area contributed by atoms with E-state index < -0.39 is 11.8 Å². The number of aryl methyl sites for hydroxylation is 1.